The van der Waals surface area contributed by atoms with E-state index in [-0.39, 0.29) is 0 Å². The SMILES string of the molecule is C=C(CBr)c1cccc2cc[nH]c12. The van der Waals surface area contributed by atoms with Crippen molar-refractivity contribution in [2.45, 2.75) is 0 Å². The lowest BCUT2D eigenvalue weighted by atomic mass is 10.1. The van der Waals surface area contributed by atoms with Crippen LogP contribution in [0.25, 0.3) is 16.5 Å². The maximum absolute atomic E-state index is 4.01. The van der Waals surface area contributed by atoms with E-state index in [1.54, 1.807) is 0 Å². The molecule has 0 bridgehead atoms. The van der Waals surface area contributed by atoms with Crippen LogP contribution in [0.4, 0.5) is 0 Å². The van der Waals surface area contributed by atoms with Crippen LogP contribution in [-0.2, 0) is 0 Å². The molecule has 0 aliphatic heterocycles. The quantitative estimate of drug-likeness (QED) is 0.767. The van der Waals surface area contributed by atoms with E-state index in [1.807, 2.05) is 6.20 Å². The second-order valence-corrected chi connectivity index (χ2v) is 3.55. The van der Waals surface area contributed by atoms with Gasteiger partial charge in [0.1, 0.15) is 0 Å². The molecule has 0 spiro atoms. The van der Waals surface area contributed by atoms with Crippen molar-refractivity contribution in [2.75, 3.05) is 5.33 Å². The summed E-state index contributed by atoms with van der Waals surface area (Å²) in [5.41, 5.74) is 3.47. The van der Waals surface area contributed by atoms with E-state index in [0.717, 1.165) is 10.9 Å². The molecule has 1 N–H and O–H groups in total. The van der Waals surface area contributed by atoms with Gasteiger partial charge in [-0.05, 0) is 17.0 Å². The molecule has 2 rings (SSSR count). The van der Waals surface area contributed by atoms with Crippen LogP contribution in [0, 0.1) is 0 Å². The van der Waals surface area contributed by atoms with E-state index >= 15 is 0 Å². The maximum Gasteiger partial charge on any atom is 0.0530 e. The molecule has 0 saturated heterocycles. The first-order valence-corrected chi connectivity index (χ1v) is 5.25. The Hall–Kier alpha value is -1.02. The molecule has 0 atom stereocenters. The lowest BCUT2D eigenvalue weighted by Gasteiger charge is -2.03. The Kier molecular flexibility index (Phi) is 2.23. The molecular formula is C11H10BrN. The van der Waals surface area contributed by atoms with Crippen molar-refractivity contribution < 1.29 is 0 Å². The van der Waals surface area contributed by atoms with Crippen molar-refractivity contribution in [3.8, 4) is 0 Å². The summed E-state index contributed by atoms with van der Waals surface area (Å²) in [5.74, 6) is 0. The third-order valence-corrected chi connectivity index (χ3v) is 2.81. The second kappa shape index (κ2) is 3.38. The molecule has 2 aromatic rings. The van der Waals surface area contributed by atoms with Crippen molar-refractivity contribution >= 4 is 32.4 Å². The number of H-pyrrole nitrogens is 1. The van der Waals surface area contributed by atoms with Gasteiger partial charge in [-0.15, -0.1) is 0 Å². The molecule has 0 amide bonds. The molecule has 13 heavy (non-hydrogen) atoms. The van der Waals surface area contributed by atoms with Crippen LogP contribution < -0.4 is 0 Å². The van der Waals surface area contributed by atoms with Crippen molar-refractivity contribution in [3.63, 3.8) is 0 Å². The lowest BCUT2D eigenvalue weighted by Crippen LogP contribution is -1.85. The van der Waals surface area contributed by atoms with Gasteiger partial charge >= 0.3 is 0 Å². The Morgan fingerprint density at radius 3 is 3.00 bits per heavy atom. The zero-order valence-electron chi connectivity index (χ0n) is 7.18. The number of halogens is 1. The van der Waals surface area contributed by atoms with Gasteiger partial charge in [0.25, 0.3) is 0 Å². The van der Waals surface area contributed by atoms with E-state index in [0.29, 0.717) is 0 Å². The Bertz CT molecular complexity index is 442. The first kappa shape index (κ1) is 8.57. The number of nitrogens with one attached hydrogen (secondary N) is 1. The summed E-state index contributed by atoms with van der Waals surface area (Å²) in [5, 5.41) is 2.05. The minimum absolute atomic E-state index is 0.811. The molecule has 1 nitrogen and oxygen atoms in total. The fourth-order valence-corrected chi connectivity index (χ4v) is 1.75. The summed E-state index contributed by atoms with van der Waals surface area (Å²) in [7, 11) is 0. The first-order chi connectivity index (χ1) is 6.33. The van der Waals surface area contributed by atoms with Gasteiger partial charge in [-0.2, -0.15) is 0 Å². The van der Waals surface area contributed by atoms with Gasteiger partial charge < -0.3 is 4.98 Å². The predicted octanol–water partition coefficient (Wildman–Crippen LogP) is 3.58. The third-order valence-electron chi connectivity index (χ3n) is 2.13. The summed E-state index contributed by atoms with van der Waals surface area (Å²) >= 11 is 3.41. The van der Waals surface area contributed by atoms with E-state index in [1.165, 1.54) is 16.5 Å². The van der Waals surface area contributed by atoms with Gasteiger partial charge in [-0.3, -0.25) is 0 Å². The highest BCUT2D eigenvalue weighted by Crippen LogP contribution is 2.23. The fraction of sp³-hybridized carbons (Fsp3) is 0.0909. The topological polar surface area (TPSA) is 15.8 Å². The molecular weight excluding hydrogens is 226 g/mol. The standard InChI is InChI=1S/C11H10BrN/c1-8(7-12)10-4-2-3-9-5-6-13-11(9)10/h2-6,13H,1,7H2. The summed E-state index contributed by atoms with van der Waals surface area (Å²) in [6.45, 7) is 4.01. The van der Waals surface area contributed by atoms with E-state index in [2.05, 4.69) is 51.8 Å². The molecule has 0 saturated carbocycles. The molecule has 0 radical (unpaired) electrons. The summed E-state index contributed by atoms with van der Waals surface area (Å²) in [4.78, 5) is 3.22. The Morgan fingerprint density at radius 1 is 1.38 bits per heavy atom. The maximum atomic E-state index is 4.01. The number of rotatable bonds is 2. The van der Waals surface area contributed by atoms with Gasteiger partial charge in [0.2, 0.25) is 0 Å². The van der Waals surface area contributed by atoms with Crippen LogP contribution in [0.2, 0.25) is 0 Å². The highest BCUT2D eigenvalue weighted by molar-refractivity contribution is 9.09. The number of para-hydroxylation sites is 1. The van der Waals surface area contributed by atoms with Gasteiger partial charge in [0.15, 0.2) is 0 Å². The highest BCUT2D eigenvalue weighted by Gasteiger charge is 2.03. The van der Waals surface area contributed by atoms with Gasteiger partial charge in [-0.1, -0.05) is 40.7 Å². The number of hydrogen-bond donors (Lipinski definition) is 1. The minimum atomic E-state index is 0.811. The number of hydrogen-bond acceptors (Lipinski definition) is 0. The summed E-state index contributed by atoms with van der Waals surface area (Å²) in [6.07, 6.45) is 1.95. The largest absolute Gasteiger partial charge is 0.361 e. The average Bonchev–Trinajstić information content (AvgIpc) is 2.63. The normalized spacial score (nSPS) is 10.5. The van der Waals surface area contributed by atoms with Crippen LogP contribution in [0.15, 0.2) is 37.0 Å². The molecule has 2 heteroatoms. The van der Waals surface area contributed by atoms with Crippen LogP contribution in [-0.4, -0.2) is 10.3 Å². The van der Waals surface area contributed by atoms with Crippen molar-refractivity contribution in [1.29, 1.82) is 0 Å². The second-order valence-electron chi connectivity index (χ2n) is 2.98. The van der Waals surface area contributed by atoms with E-state index in [9.17, 15) is 0 Å². The monoisotopic (exact) mass is 235 g/mol. The Morgan fingerprint density at radius 2 is 2.23 bits per heavy atom. The minimum Gasteiger partial charge on any atom is -0.361 e. The highest BCUT2D eigenvalue weighted by atomic mass is 79.9. The lowest BCUT2D eigenvalue weighted by molar-refractivity contribution is 1.46. The number of allylic oxidation sites excluding steroid dienone is 1. The number of aromatic nitrogens is 1. The zero-order chi connectivity index (χ0) is 9.26. The van der Waals surface area contributed by atoms with Crippen molar-refractivity contribution in [1.82, 2.24) is 4.98 Å². The molecule has 0 fully saturated rings. The Labute approximate surface area is 85.6 Å². The van der Waals surface area contributed by atoms with Crippen molar-refractivity contribution in [2.24, 2.45) is 0 Å². The average molecular weight is 236 g/mol. The Balaban J connectivity index is 2.67. The molecule has 1 aromatic heterocycles. The number of alkyl halides is 1. The van der Waals surface area contributed by atoms with E-state index in [4.69, 9.17) is 0 Å². The fourth-order valence-electron chi connectivity index (χ4n) is 1.45. The summed E-state index contributed by atoms with van der Waals surface area (Å²) in [6, 6.07) is 8.30. The third kappa shape index (κ3) is 1.42. The molecule has 0 aliphatic rings. The zero-order valence-corrected chi connectivity index (χ0v) is 8.76. The molecule has 1 aromatic carbocycles. The predicted molar refractivity (Wildman–Crippen MR) is 61.1 cm³/mol. The molecule has 66 valence electrons. The van der Waals surface area contributed by atoms with E-state index < -0.39 is 0 Å². The number of fused-ring (bicyclic) bond motifs is 1. The first-order valence-electron chi connectivity index (χ1n) is 4.13. The van der Waals surface area contributed by atoms with Crippen LogP contribution in [0.5, 0.6) is 0 Å². The number of aromatic amines is 1. The summed E-state index contributed by atoms with van der Waals surface area (Å²) < 4.78 is 0. The van der Waals surface area contributed by atoms with Gasteiger partial charge in [0, 0.05) is 17.1 Å². The van der Waals surface area contributed by atoms with Crippen molar-refractivity contribution in [3.05, 3.63) is 42.6 Å². The smallest absolute Gasteiger partial charge is 0.0530 e. The van der Waals surface area contributed by atoms with Crippen LogP contribution in [0.1, 0.15) is 5.56 Å². The van der Waals surface area contributed by atoms with Crippen LogP contribution in [0.3, 0.4) is 0 Å². The number of benzene rings is 1. The molecule has 0 unspecified atom stereocenters. The molecule has 0 aliphatic carbocycles. The van der Waals surface area contributed by atoms with Gasteiger partial charge in [-0.25, -0.2) is 0 Å². The van der Waals surface area contributed by atoms with Crippen LogP contribution >= 0.6 is 15.9 Å². The molecule has 1 heterocycles. The van der Waals surface area contributed by atoms with Gasteiger partial charge in [0.05, 0.1) is 5.52 Å².